The normalized spacial score (nSPS) is 18.2. The van der Waals surface area contributed by atoms with E-state index < -0.39 is 0 Å². The number of hydrogen-bond acceptors (Lipinski definition) is 5. The lowest BCUT2D eigenvalue weighted by atomic mass is 9.97. The minimum absolute atomic E-state index is 0.510. The van der Waals surface area contributed by atoms with Gasteiger partial charge in [0.25, 0.3) is 0 Å². The van der Waals surface area contributed by atoms with Gasteiger partial charge in [-0.15, -0.1) is 0 Å². The van der Waals surface area contributed by atoms with Gasteiger partial charge in [-0.3, -0.25) is 0 Å². The summed E-state index contributed by atoms with van der Waals surface area (Å²) in [5.41, 5.74) is 1.14. The molecule has 1 saturated heterocycles. The second-order valence-electron chi connectivity index (χ2n) is 5.69. The van der Waals surface area contributed by atoms with Crippen molar-refractivity contribution in [1.29, 1.82) is 0 Å². The van der Waals surface area contributed by atoms with Crippen LogP contribution in [-0.2, 0) is 6.42 Å². The maximum absolute atomic E-state index is 4.61. The zero-order valence-corrected chi connectivity index (χ0v) is 13.1. The van der Waals surface area contributed by atoms with Gasteiger partial charge in [-0.25, -0.2) is 15.0 Å². The molecule has 1 N–H and O–H groups in total. The molecule has 1 fully saturated rings. The molecule has 0 amide bonds. The van der Waals surface area contributed by atoms with Gasteiger partial charge in [0.2, 0.25) is 5.95 Å². The van der Waals surface area contributed by atoms with Crippen molar-refractivity contribution in [3.63, 3.8) is 0 Å². The van der Waals surface area contributed by atoms with E-state index in [4.69, 9.17) is 0 Å². The molecule has 2 aromatic heterocycles. The highest BCUT2D eigenvalue weighted by atomic mass is 15.3. The third-order valence-corrected chi connectivity index (χ3v) is 4.23. The fraction of sp³-hybridized carbons (Fsp3) is 0.471. The molecule has 2 aromatic rings. The van der Waals surface area contributed by atoms with E-state index in [0.29, 0.717) is 6.04 Å². The number of rotatable bonds is 5. The lowest BCUT2D eigenvalue weighted by Crippen LogP contribution is -2.41. The molecule has 1 aliphatic heterocycles. The fourth-order valence-electron chi connectivity index (χ4n) is 3.08. The van der Waals surface area contributed by atoms with Crippen LogP contribution in [0.25, 0.3) is 0 Å². The molecule has 0 saturated carbocycles. The first-order chi connectivity index (χ1) is 10.9. The van der Waals surface area contributed by atoms with Crippen molar-refractivity contribution in [3.05, 3.63) is 42.4 Å². The molecule has 0 bridgehead atoms. The number of anilines is 2. The van der Waals surface area contributed by atoms with Gasteiger partial charge in [0.05, 0.1) is 0 Å². The quantitative estimate of drug-likeness (QED) is 0.919. The van der Waals surface area contributed by atoms with Crippen LogP contribution in [0, 0.1) is 0 Å². The Morgan fingerprint density at radius 2 is 2.05 bits per heavy atom. The number of aryl methyl sites for hydroxylation is 1. The van der Waals surface area contributed by atoms with Crippen molar-refractivity contribution in [1.82, 2.24) is 15.0 Å². The molecule has 0 unspecified atom stereocenters. The molecule has 0 spiro atoms. The number of nitrogens with zero attached hydrogens (tertiary/aromatic N) is 4. The summed E-state index contributed by atoms with van der Waals surface area (Å²) >= 11 is 0. The molecule has 5 heteroatoms. The maximum Gasteiger partial charge on any atom is 0.225 e. The summed E-state index contributed by atoms with van der Waals surface area (Å²) in [6.07, 6.45) is 9.46. The van der Waals surface area contributed by atoms with Crippen molar-refractivity contribution >= 4 is 11.8 Å². The van der Waals surface area contributed by atoms with Crippen LogP contribution in [0.1, 0.15) is 31.4 Å². The Morgan fingerprint density at radius 3 is 2.86 bits per heavy atom. The highest BCUT2D eigenvalue weighted by molar-refractivity contribution is 5.35. The highest BCUT2D eigenvalue weighted by Gasteiger charge is 2.24. The number of hydrogen-bond donors (Lipinski definition) is 1. The van der Waals surface area contributed by atoms with Crippen molar-refractivity contribution in [3.8, 4) is 0 Å². The van der Waals surface area contributed by atoms with Crippen LogP contribution < -0.4 is 10.2 Å². The van der Waals surface area contributed by atoms with E-state index in [1.165, 1.54) is 19.3 Å². The summed E-state index contributed by atoms with van der Waals surface area (Å²) < 4.78 is 0. The predicted octanol–water partition coefficient (Wildman–Crippen LogP) is 2.91. The molecule has 0 radical (unpaired) electrons. The molecule has 3 rings (SSSR count). The first kappa shape index (κ1) is 14.8. The largest absolute Gasteiger partial charge is 0.373 e. The van der Waals surface area contributed by atoms with E-state index in [1.54, 1.807) is 0 Å². The number of pyridine rings is 1. The van der Waals surface area contributed by atoms with Gasteiger partial charge in [-0.1, -0.05) is 6.07 Å². The lowest BCUT2D eigenvalue weighted by molar-refractivity contribution is 0.430. The van der Waals surface area contributed by atoms with Gasteiger partial charge in [0.15, 0.2) is 0 Å². The lowest BCUT2D eigenvalue weighted by Gasteiger charge is -2.35. The van der Waals surface area contributed by atoms with E-state index in [2.05, 4.69) is 37.3 Å². The standard InChI is InChI=1S/C17H23N5/c1-18-16-8-4-6-14(21-16)9-10-15-7-2-3-13-22(15)17-19-11-5-12-20-17/h4-6,8,11-12,15H,2-3,7,9-10,13H2,1H3,(H,18,21)/t15-/m1/s1. The van der Waals surface area contributed by atoms with Gasteiger partial charge in [0.1, 0.15) is 5.82 Å². The Hall–Kier alpha value is -2.17. The summed E-state index contributed by atoms with van der Waals surface area (Å²) in [4.78, 5) is 15.8. The van der Waals surface area contributed by atoms with Crippen LogP contribution in [0.15, 0.2) is 36.7 Å². The van der Waals surface area contributed by atoms with Gasteiger partial charge in [-0.05, 0) is 50.3 Å². The summed E-state index contributed by atoms with van der Waals surface area (Å²) in [6, 6.07) is 8.54. The van der Waals surface area contributed by atoms with Crippen LogP contribution >= 0.6 is 0 Å². The third-order valence-electron chi connectivity index (χ3n) is 4.23. The van der Waals surface area contributed by atoms with Crippen LogP contribution in [0.3, 0.4) is 0 Å². The average molecular weight is 297 g/mol. The zero-order chi connectivity index (χ0) is 15.2. The smallest absolute Gasteiger partial charge is 0.225 e. The number of aromatic nitrogens is 3. The van der Waals surface area contributed by atoms with E-state index in [9.17, 15) is 0 Å². The predicted molar refractivity (Wildman–Crippen MR) is 89.1 cm³/mol. The molecule has 1 atom stereocenters. The first-order valence-corrected chi connectivity index (χ1v) is 8.04. The van der Waals surface area contributed by atoms with Crippen LogP contribution in [0.5, 0.6) is 0 Å². The molecule has 22 heavy (non-hydrogen) atoms. The van der Waals surface area contributed by atoms with E-state index in [-0.39, 0.29) is 0 Å². The molecular formula is C17H23N5. The molecule has 0 aromatic carbocycles. The van der Waals surface area contributed by atoms with Crippen LogP contribution in [0.2, 0.25) is 0 Å². The third kappa shape index (κ3) is 3.53. The average Bonchev–Trinajstić information content (AvgIpc) is 2.61. The zero-order valence-electron chi connectivity index (χ0n) is 13.1. The number of piperidine rings is 1. The van der Waals surface area contributed by atoms with E-state index in [0.717, 1.165) is 36.8 Å². The summed E-state index contributed by atoms with van der Waals surface area (Å²) in [5, 5.41) is 3.10. The van der Waals surface area contributed by atoms with E-state index >= 15 is 0 Å². The second-order valence-corrected chi connectivity index (χ2v) is 5.69. The molecule has 5 nitrogen and oxygen atoms in total. The summed E-state index contributed by atoms with van der Waals surface area (Å²) in [6.45, 7) is 1.05. The van der Waals surface area contributed by atoms with Crippen LogP contribution in [-0.4, -0.2) is 34.6 Å². The van der Waals surface area contributed by atoms with Gasteiger partial charge < -0.3 is 10.2 Å². The topological polar surface area (TPSA) is 53.9 Å². The number of nitrogens with one attached hydrogen (secondary N) is 1. The van der Waals surface area contributed by atoms with Gasteiger partial charge in [0, 0.05) is 37.7 Å². The molecule has 3 heterocycles. The molecule has 1 aliphatic rings. The first-order valence-electron chi connectivity index (χ1n) is 8.04. The molecular weight excluding hydrogens is 274 g/mol. The second kappa shape index (κ2) is 7.20. The SMILES string of the molecule is CNc1cccc(CC[C@H]2CCCCN2c2ncccn2)n1. The van der Waals surface area contributed by atoms with Crippen molar-refractivity contribution in [2.45, 2.75) is 38.1 Å². The fourth-order valence-corrected chi connectivity index (χ4v) is 3.08. The highest BCUT2D eigenvalue weighted by Crippen LogP contribution is 2.24. The van der Waals surface area contributed by atoms with Crippen molar-refractivity contribution < 1.29 is 0 Å². The Morgan fingerprint density at radius 1 is 1.18 bits per heavy atom. The minimum atomic E-state index is 0.510. The monoisotopic (exact) mass is 297 g/mol. The van der Waals surface area contributed by atoms with Gasteiger partial charge in [-0.2, -0.15) is 0 Å². The summed E-state index contributed by atoms with van der Waals surface area (Å²) in [7, 11) is 1.90. The van der Waals surface area contributed by atoms with Gasteiger partial charge >= 0.3 is 0 Å². The molecule has 0 aliphatic carbocycles. The minimum Gasteiger partial charge on any atom is -0.373 e. The molecule has 116 valence electrons. The Balaban J connectivity index is 1.66. The Kier molecular flexibility index (Phi) is 4.83. The maximum atomic E-state index is 4.61. The van der Waals surface area contributed by atoms with Crippen LogP contribution in [0.4, 0.5) is 11.8 Å². The van der Waals surface area contributed by atoms with Crippen molar-refractivity contribution in [2.75, 3.05) is 23.8 Å². The van der Waals surface area contributed by atoms with Crippen molar-refractivity contribution in [2.24, 2.45) is 0 Å². The Bertz CT molecular complexity index is 587. The van der Waals surface area contributed by atoms with E-state index in [1.807, 2.05) is 31.6 Å². The Labute approximate surface area is 131 Å². The summed E-state index contributed by atoms with van der Waals surface area (Å²) in [5.74, 6) is 1.80.